The Hall–Kier alpha value is -2.43. The van der Waals surface area contributed by atoms with Crippen molar-refractivity contribution in [3.63, 3.8) is 0 Å². The number of benzene rings is 1. The Kier molecular flexibility index (Phi) is 9.72. The number of esters is 1. The number of aliphatic hydroxyl groups excluding tert-OH is 1. The largest absolute Gasteiger partial charge is 0.493 e. The van der Waals surface area contributed by atoms with Gasteiger partial charge in [0.2, 0.25) is 0 Å². The van der Waals surface area contributed by atoms with E-state index in [1.807, 2.05) is 6.07 Å². The normalized spacial score (nSPS) is 31.2. The molecule has 4 rings (SSSR count). The Morgan fingerprint density at radius 2 is 1.97 bits per heavy atom. The van der Waals surface area contributed by atoms with E-state index in [1.54, 1.807) is 32.4 Å². The average molecular weight is 547 g/mol. The zero-order valence-electron chi connectivity index (χ0n) is 23.6. The Balaban J connectivity index is 1.39. The monoisotopic (exact) mass is 546 g/mol. The van der Waals surface area contributed by atoms with E-state index in [0.717, 1.165) is 18.4 Å². The molecule has 0 amide bonds. The van der Waals surface area contributed by atoms with Crippen LogP contribution in [0, 0.1) is 5.92 Å². The number of hydrogen-bond donors (Lipinski definition) is 1. The van der Waals surface area contributed by atoms with Crippen molar-refractivity contribution in [1.29, 1.82) is 0 Å². The molecule has 1 aromatic carbocycles. The maximum Gasteiger partial charge on any atom is 0.331 e. The van der Waals surface area contributed by atoms with Gasteiger partial charge in [-0.1, -0.05) is 17.7 Å². The maximum atomic E-state index is 12.9. The number of methoxy groups -OCH3 is 2. The minimum Gasteiger partial charge on any atom is -0.493 e. The third-order valence-corrected chi connectivity index (χ3v) is 7.83. The standard InChI is InChI=1S/C30H42O9/c1-20(2)6-10-25-29(3,39-25)28-27(34-5)23(12-13-30(28)19-37-30)38-26(32)11-8-21-7-9-22(33-4)24(18-21)36-17-16-35-15-14-31/h6-9,11,18,23,25,27-28,31H,10,12-17,19H2,1-5H3/b11-8+/t23-,25-,27-,28-,29+,30+/m1/s1. The van der Waals surface area contributed by atoms with Crippen LogP contribution in [-0.2, 0) is 28.5 Å². The lowest BCUT2D eigenvalue weighted by Gasteiger charge is -2.42. The number of epoxide rings is 2. The van der Waals surface area contributed by atoms with Gasteiger partial charge < -0.3 is 38.3 Å². The Labute approximate surface area is 231 Å². The molecule has 1 spiro atoms. The molecule has 3 aliphatic rings. The Morgan fingerprint density at radius 3 is 2.64 bits per heavy atom. The van der Waals surface area contributed by atoms with E-state index in [0.29, 0.717) is 37.7 Å². The highest BCUT2D eigenvalue weighted by atomic mass is 16.6. The SMILES string of the molecule is COc1ccc(/C=C/C(=O)O[C@@H]2CC[C@]3(CO3)[C@@H]([C@@]3(C)O[C@@H]3CC=C(C)C)[C@@H]2OC)cc1OCCOCCO. The molecule has 1 aliphatic carbocycles. The summed E-state index contributed by atoms with van der Waals surface area (Å²) in [4.78, 5) is 12.9. The van der Waals surface area contributed by atoms with Gasteiger partial charge in [-0.05, 0) is 63.8 Å². The summed E-state index contributed by atoms with van der Waals surface area (Å²) < 4.78 is 40.5. The molecule has 216 valence electrons. The third kappa shape index (κ3) is 7.02. The summed E-state index contributed by atoms with van der Waals surface area (Å²) in [6, 6.07) is 5.40. The van der Waals surface area contributed by atoms with Crippen molar-refractivity contribution in [2.45, 2.75) is 69.5 Å². The van der Waals surface area contributed by atoms with Gasteiger partial charge in [-0.25, -0.2) is 4.79 Å². The summed E-state index contributed by atoms with van der Waals surface area (Å²) in [5.74, 6) is 0.643. The minimum absolute atomic E-state index is 0.0243. The Morgan fingerprint density at radius 1 is 1.18 bits per heavy atom. The summed E-state index contributed by atoms with van der Waals surface area (Å²) >= 11 is 0. The van der Waals surface area contributed by atoms with Crippen molar-refractivity contribution in [3.8, 4) is 11.5 Å². The van der Waals surface area contributed by atoms with E-state index in [1.165, 1.54) is 11.6 Å². The Bertz CT molecular complexity index is 1040. The summed E-state index contributed by atoms with van der Waals surface area (Å²) in [6.07, 6.45) is 6.99. The van der Waals surface area contributed by atoms with Crippen LogP contribution in [0.2, 0.25) is 0 Å². The number of carbonyl (C=O) groups is 1. The molecule has 2 saturated heterocycles. The fourth-order valence-corrected chi connectivity index (χ4v) is 5.71. The first-order chi connectivity index (χ1) is 18.8. The molecule has 9 heteroatoms. The van der Waals surface area contributed by atoms with E-state index in [4.69, 9.17) is 38.3 Å². The maximum absolute atomic E-state index is 12.9. The average Bonchev–Trinajstić information content (AvgIpc) is 3.84. The summed E-state index contributed by atoms with van der Waals surface area (Å²) in [5.41, 5.74) is 1.37. The van der Waals surface area contributed by atoms with Crippen LogP contribution < -0.4 is 9.47 Å². The van der Waals surface area contributed by atoms with Crippen molar-refractivity contribution in [1.82, 2.24) is 0 Å². The zero-order chi connectivity index (χ0) is 28.0. The quantitative estimate of drug-likeness (QED) is 0.123. The van der Waals surface area contributed by atoms with E-state index in [-0.39, 0.29) is 42.5 Å². The highest BCUT2D eigenvalue weighted by molar-refractivity contribution is 5.87. The van der Waals surface area contributed by atoms with Gasteiger partial charge >= 0.3 is 5.97 Å². The molecular weight excluding hydrogens is 504 g/mol. The second kappa shape index (κ2) is 12.8. The highest BCUT2D eigenvalue weighted by Gasteiger charge is 2.72. The summed E-state index contributed by atoms with van der Waals surface area (Å²) in [6.45, 7) is 7.84. The molecule has 1 aromatic rings. The number of aliphatic hydroxyl groups is 1. The lowest BCUT2D eigenvalue weighted by Crippen LogP contribution is -2.55. The number of rotatable bonds is 14. The van der Waals surface area contributed by atoms with Crippen molar-refractivity contribution in [3.05, 3.63) is 41.5 Å². The van der Waals surface area contributed by atoms with E-state index in [9.17, 15) is 4.79 Å². The van der Waals surface area contributed by atoms with E-state index >= 15 is 0 Å². The highest BCUT2D eigenvalue weighted by Crippen LogP contribution is 2.59. The number of allylic oxidation sites excluding steroid dienone is 1. The second-order valence-corrected chi connectivity index (χ2v) is 10.8. The van der Waals surface area contributed by atoms with Crippen LogP contribution in [-0.4, -0.2) is 87.8 Å². The van der Waals surface area contributed by atoms with Gasteiger partial charge in [0.15, 0.2) is 11.5 Å². The molecule has 1 saturated carbocycles. The van der Waals surface area contributed by atoms with E-state index < -0.39 is 12.1 Å². The predicted molar refractivity (Wildman–Crippen MR) is 145 cm³/mol. The molecule has 1 N–H and O–H groups in total. The summed E-state index contributed by atoms with van der Waals surface area (Å²) in [5, 5.41) is 8.81. The van der Waals surface area contributed by atoms with Gasteiger partial charge in [-0.15, -0.1) is 0 Å². The topological polar surface area (TPSA) is 109 Å². The van der Waals surface area contributed by atoms with Crippen LogP contribution in [0.4, 0.5) is 0 Å². The third-order valence-electron chi connectivity index (χ3n) is 7.83. The molecule has 6 atom stereocenters. The van der Waals surface area contributed by atoms with Crippen LogP contribution in [0.1, 0.15) is 45.6 Å². The molecular formula is C30H42O9. The van der Waals surface area contributed by atoms with Crippen LogP contribution in [0.5, 0.6) is 11.5 Å². The molecule has 39 heavy (non-hydrogen) atoms. The van der Waals surface area contributed by atoms with Crippen molar-refractivity contribution in [2.75, 3.05) is 47.3 Å². The van der Waals surface area contributed by atoms with Gasteiger partial charge in [0.05, 0.1) is 45.6 Å². The van der Waals surface area contributed by atoms with Crippen molar-refractivity contribution in [2.24, 2.45) is 5.92 Å². The van der Waals surface area contributed by atoms with Gasteiger partial charge in [0, 0.05) is 13.2 Å². The first-order valence-corrected chi connectivity index (χ1v) is 13.6. The molecule has 0 bridgehead atoms. The predicted octanol–water partition coefficient (Wildman–Crippen LogP) is 3.72. The number of ether oxygens (including phenoxy) is 7. The lowest BCUT2D eigenvalue weighted by atomic mass is 9.68. The van der Waals surface area contributed by atoms with E-state index in [2.05, 4.69) is 26.8 Å². The van der Waals surface area contributed by atoms with Gasteiger partial charge in [-0.3, -0.25) is 0 Å². The molecule has 3 fully saturated rings. The second-order valence-electron chi connectivity index (χ2n) is 10.8. The molecule has 0 unspecified atom stereocenters. The summed E-state index contributed by atoms with van der Waals surface area (Å²) in [7, 11) is 3.23. The lowest BCUT2D eigenvalue weighted by molar-refractivity contribution is -0.166. The first-order valence-electron chi connectivity index (χ1n) is 13.6. The van der Waals surface area contributed by atoms with Crippen LogP contribution in [0.3, 0.4) is 0 Å². The van der Waals surface area contributed by atoms with Crippen LogP contribution >= 0.6 is 0 Å². The smallest absolute Gasteiger partial charge is 0.331 e. The van der Waals surface area contributed by atoms with Crippen LogP contribution in [0.15, 0.2) is 35.9 Å². The first kappa shape index (κ1) is 29.6. The van der Waals surface area contributed by atoms with Crippen molar-refractivity contribution < 1.29 is 43.1 Å². The molecule has 0 radical (unpaired) electrons. The van der Waals surface area contributed by atoms with Gasteiger partial charge in [-0.2, -0.15) is 0 Å². The fourth-order valence-electron chi connectivity index (χ4n) is 5.71. The molecule has 0 aromatic heterocycles. The number of hydrogen-bond acceptors (Lipinski definition) is 9. The molecule has 2 aliphatic heterocycles. The molecule has 2 heterocycles. The fraction of sp³-hybridized carbons (Fsp3) is 0.633. The minimum atomic E-state index is -0.438. The van der Waals surface area contributed by atoms with Gasteiger partial charge in [0.25, 0.3) is 0 Å². The zero-order valence-corrected chi connectivity index (χ0v) is 23.6. The molecule has 9 nitrogen and oxygen atoms in total. The number of carbonyl (C=O) groups excluding carboxylic acids is 1. The van der Waals surface area contributed by atoms with Crippen molar-refractivity contribution >= 4 is 12.0 Å². The van der Waals surface area contributed by atoms with Crippen LogP contribution in [0.25, 0.3) is 6.08 Å². The van der Waals surface area contributed by atoms with Gasteiger partial charge in [0.1, 0.15) is 30.0 Å².